The number of hydrogen-bond acceptors (Lipinski definition) is 3. The molecule has 0 radical (unpaired) electrons. The first-order valence-electron chi connectivity index (χ1n) is 7.55. The van der Waals surface area contributed by atoms with Crippen LogP contribution < -0.4 is 5.32 Å². The smallest absolute Gasteiger partial charge is 0.0544 e. The maximum atomic E-state index is 4.55. The van der Waals surface area contributed by atoms with Crippen LogP contribution in [0.1, 0.15) is 44.5 Å². The molecule has 3 nitrogen and oxygen atoms in total. The predicted molar refractivity (Wildman–Crippen MR) is 80.2 cm³/mol. The molecular weight excluding hydrogens is 234 g/mol. The molecule has 1 aromatic heterocycles. The third kappa shape index (κ3) is 4.59. The minimum Gasteiger partial charge on any atom is -0.308 e. The Morgan fingerprint density at radius 2 is 2.16 bits per heavy atom. The quantitative estimate of drug-likeness (QED) is 0.903. The Bertz CT molecular complexity index is 389. The number of pyridine rings is 1. The van der Waals surface area contributed by atoms with Crippen molar-refractivity contribution in [3.8, 4) is 0 Å². The van der Waals surface area contributed by atoms with Gasteiger partial charge in [-0.2, -0.15) is 0 Å². The second kappa shape index (κ2) is 7.01. The molecule has 106 valence electrons. The van der Waals surface area contributed by atoms with Gasteiger partial charge in [0.2, 0.25) is 0 Å². The van der Waals surface area contributed by atoms with Crippen LogP contribution in [0.4, 0.5) is 0 Å². The summed E-state index contributed by atoms with van der Waals surface area (Å²) in [7, 11) is 0. The van der Waals surface area contributed by atoms with Gasteiger partial charge in [0.1, 0.15) is 0 Å². The Morgan fingerprint density at radius 1 is 1.32 bits per heavy atom. The van der Waals surface area contributed by atoms with Gasteiger partial charge >= 0.3 is 0 Å². The second-order valence-corrected chi connectivity index (χ2v) is 5.91. The van der Waals surface area contributed by atoms with Gasteiger partial charge in [0.25, 0.3) is 0 Å². The number of aryl methyl sites for hydroxylation is 1. The summed E-state index contributed by atoms with van der Waals surface area (Å²) in [5, 5.41) is 3.68. The Hall–Kier alpha value is -0.930. The fourth-order valence-electron chi connectivity index (χ4n) is 2.79. The van der Waals surface area contributed by atoms with Gasteiger partial charge in [-0.3, -0.25) is 4.98 Å². The predicted octanol–water partition coefficient (Wildman–Crippen LogP) is 2.74. The molecule has 0 amide bonds. The molecule has 19 heavy (non-hydrogen) atoms. The molecule has 2 heterocycles. The number of hydrogen-bond donors (Lipinski definition) is 1. The summed E-state index contributed by atoms with van der Waals surface area (Å²) in [5.74, 6) is 0. The van der Waals surface area contributed by atoms with Gasteiger partial charge in [0, 0.05) is 24.3 Å². The number of rotatable bonds is 4. The number of aromatic nitrogens is 1. The van der Waals surface area contributed by atoms with Gasteiger partial charge in [0.15, 0.2) is 0 Å². The summed E-state index contributed by atoms with van der Waals surface area (Å²) in [5.41, 5.74) is 2.26. The molecule has 0 bridgehead atoms. The zero-order valence-electron chi connectivity index (χ0n) is 12.5. The molecule has 1 fully saturated rings. The average molecular weight is 261 g/mol. The van der Waals surface area contributed by atoms with Crippen molar-refractivity contribution in [1.29, 1.82) is 0 Å². The maximum Gasteiger partial charge on any atom is 0.0544 e. The van der Waals surface area contributed by atoms with Crippen molar-refractivity contribution in [1.82, 2.24) is 15.2 Å². The largest absolute Gasteiger partial charge is 0.308 e. The number of nitrogens with one attached hydrogen (secondary N) is 1. The number of nitrogens with zero attached hydrogens (tertiary/aromatic N) is 2. The highest BCUT2D eigenvalue weighted by atomic mass is 15.1. The van der Waals surface area contributed by atoms with Crippen LogP contribution in [-0.2, 0) is 6.54 Å². The Balaban J connectivity index is 1.80. The SMILES string of the molecule is Cc1cccc(CNC2CCCN(C(C)C)CC2)n1. The molecule has 0 aliphatic carbocycles. The molecule has 1 aromatic rings. The van der Waals surface area contributed by atoms with Crippen LogP contribution in [0.5, 0.6) is 0 Å². The highest BCUT2D eigenvalue weighted by Crippen LogP contribution is 2.13. The van der Waals surface area contributed by atoms with E-state index in [4.69, 9.17) is 0 Å². The number of likely N-dealkylation sites (tertiary alicyclic amines) is 1. The third-order valence-corrected chi connectivity index (χ3v) is 4.01. The van der Waals surface area contributed by atoms with E-state index in [1.54, 1.807) is 0 Å². The van der Waals surface area contributed by atoms with Crippen LogP contribution in [0.2, 0.25) is 0 Å². The summed E-state index contributed by atoms with van der Waals surface area (Å²) in [4.78, 5) is 7.14. The van der Waals surface area contributed by atoms with Gasteiger partial charge in [-0.1, -0.05) is 6.07 Å². The molecular formula is C16H27N3. The maximum absolute atomic E-state index is 4.55. The van der Waals surface area contributed by atoms with Crippen molar-refractivity contribution in [3.05, 3.63) is 29.6 Å². The lowest BCUT2D eigenvalue weighted by Gasteiger charge is -2.24. The van der Waals surface area contributed by atoms with Crippen LogP contribution in [-0.4, -0.2) is 35.1 Å². The van der Waals surface area contributed by atoms with Gasteiger partial charge in [0.05, 0.1) is 5.69 Å². The molecule has 1 saturated heterocycles. The van der Waals surface area contributed by atoms with Gasteiger partial charge in [-0.25, -0.2) is 0 Å². The minimum absolute atomic E-state index is 0.645. The van der Waals surface area contributed by atoms with Crippen molar-refractivity contribution < 1.29 is 0 Å². The van der Waals surface area contributed by atoms with E-state index in [0.29, 0.717) is 12.1 Å². The zero-order chi connectivity index (χ0) is 13.7. The summed E-state index contributed by atoms with van der Waals surface area (Å²) in [6.45, 7) is 10.0. The first-order valence-corrected chi connectivity index (χ1v) is 7.55. The third-order valence-electron chi connectivity index (χ3n) is 4.01. The fourth-order valence-corrected chi connectivity index (χ4v) is 2.79. The van der Waals surface area contributed by atoms with E-state index in [0.717, 1.165) is 17.9 Å². The van der Waals surface area contributed by atoms with E-state index in [-0.39, 0.29) is 0 Å². The second-order valence-electron chi connectivity index (χ2n) is 5.91. The first-order chi connectivity index (χ1) is 9.15. The molecule has 2 rings (SSSR count). The van der Waals surface area contributed by atoms with Gasteiger partial charge in [-0.05, 0) is 65.3 Å². The highest BCUT2D eigenvalue weighted by Gasteiger charge is 2.18. The zero-order valence-corrected chi connectivity index (χ0v) is 12.5. The van der Waals surface area contributed by atoms with Gasteiger partial charge in [-0.15, -0.1) is 0 Å². The molecule has 1 unspecified atom stereocenters. The topological polar surface area (TPSA) is 28.2 Å². The van der Waals surface area contributed by atoms with E-state index in [1.165, 1.54) is 32.4 Å². The van der Waals surface area contributed by atoms with Crippen LogP contribution in [0, 0.1) is 6.92 Å². The van der Waals surface area contributed by atoms with Crippen LogP contribution in [0.15, 0.2) is 18.2 Å². The van der Waals surface area contributed by atoms with E-state index >= 15 is 0 Å². The Labute approximate surface area is 117 Å². The Kier molecular flexibility index (Phi) is 5.34. The molecule has 1 aliphatic rings. The summed E-state index contributed by atoms with van der Waals surface area (Å²) < 4.78 is 0. The monoisotopic (exact) mass is 261 g/mol. The lowest BCUT2D eigenvalue weighted by Crippen LogP contribution is -2.34. The Morgan fingerprint density at radius 3 is 2.89 bits per heavy atom. The molecule has 0 aromatic carbocycles. The van der Waals surface area contributed by atoms with Gasteiger partial charge < -0.3 is 10.2 Å². The first kappa shape index (κ1) is 14.5. The lowest BCUT2D eigenvalue weighted by atomic mass is 10.1. The molecule has 0 spiro atoms. The summed E-state index contributed by atoms with van der Waals surface area (Å²) >= 11 is 0. The van der Waals surface area contributed by atoms with Crippen LogP contribution >= 0.6 is 0 Å². The van der Waals surface area contributed by atoms with Crippen molar-refractivity contribution in [3.63, 3.8) is 0 Å². The van der Waals surface area contributed by atoms with E-state index in [1.807, 2.05) is 0 Å². The highest BCUT2D eigenvalue weighted by molar-refractivity contribution is 5.09. The standard InChI is InChI=1S/C16H27N3/c1-13(2)19-10-5-8-15(9-11-19)17-12-16-7-4-6-14(3)18-16/h4,6-7,13,15,17H,5,8-12H2,1-3H3. The molecule has 1 atom stereocenters. The van der Waals surface area contributed by atoms with Crippen molar-refractivity contribution in [2.24, 2.45) is 0 Å². The summed E-state index contributed by atoms with van der Waals surface area (Å²) in [6, 6.07) is 7.57. The van der Waals surface area contributed by atoms with E-state index < -0.39 is 0 Å². The van der Waals surface area contributed by atoms with Crippen molar-refractivity contribution >= 4 is 0 Å². The van der Waals surface area contributed by atoms with E-state index in [9.17, 15) is 0 Å². The van der Waals surface area contributed by atoms with Crippen molar-refractivity contribution in [2.75, 3.05) is 13.1 Å². The summed E-state index contributed by atoms with van der Waals surface area (Å²) in [6.07, 6.45) is 3.84. The van der Waals surface area contributed by atoms with Crippen LogP contribution in [0.25, 0.3) is 0 Å². The molecule has 0 saturated carbocycles. The minimum atomic E-state index is 0.645. The van der Waals surface area contributed by atoms with E-state index in [2.05, 4.69) is 54.2 Å². The molecule has 1 aliphatic heterocycles. The molecule has 3 heteroatoms. The molecule has 1 N–H and O–H groups in total. The van der Waals surface area contributed by atoms with Crippen molar-refractivity contribution in [2.45, 2.75) is 58.7 Å². The average Bonchev–Trinajstić information content (AvgIpc) is 2.62. The fraction of sp³-hybridized carbons (Fsp3) is 0.688. The normalized spacial score (nSPS) is 21.6. The van der Waals surface area contributed by atoms with Crippen LogP contribution in [0.3, 0.4) is 0 Å². The lowest BCUT2D eigenvalue weighted by molar-refractivity contribution is 0.229.